The summed E-state index contributed by atoms with van der Waals surface area (Å²) < 4.78 is 10.6. The van der Waals surface area contributed by atoms with Gasteiger partial charge in [-0.2, -0.15) is 0 Å². The molecule has 1 saturated heterocycles. The fourth-order valence-electron chi connectivity index (χ4n) is 2.88. The number of carbonyl (C=O) groups is 3. The highest BCUT2D eigenvalue weighted by molar-refractivity contribution is 5.98. The molecule has 27 heavy (non-hydrogen) atoms. The van der Waals surface area contributed by atoms with E-state index in [0.29, 0.717) is 30.1 Å². The minimum absolute atomic E-state index is 0.247. The van der Waals surface area contributed by atoms with Crippen molar-refractivity contribution in [2.24, 2.45) is 0 Å². The molecule has 148 valence electrons. The summed E-state index contributed by atoms with van der Waals surface area (Å²) in [5.74, 6) is -0.0552. The zero-order chi connectivity index (χ0) is 20.2. The van der Waals surface area contributed by atoms with Crippen LogP contribution in [0, 0.1) is 0 Å². The molecule has 1 heterocycles. The molecule has 1 aromatic carbocycles. The Labute approximate surface area is 159 Å². The number of ether oxygens (including phenoxy) is 2. The number of likely N-dealkylation sites (tertiary alicyclic amines) is 1. The topological polar surface area (TPSA) is 97.0 Å². The first-order valence-electron chi connectivity index (χ1n) is 8.87. The highest BCUT2D eigenvalue weighted by atomic mass is 16.6. The van der Waals surface area contributed by atoms with Gasteiger partial charge in [0.15, 0.2) is 0 Å². The van der Waals surface area contributed by atoms with E-state index in [9.17, 15) is 14.4 Å². The van der Waals surface area contributed by atoms with Crippen LogP contribution in [-0.4, -0.2) is 48.1 Å². The van der Waals surface area contributed by atoms with Gasteiger partial charge in [0.2, 0.25) is 11.8 Å². The molecule has 0 radical (unpaired) electrons. The number of carbonyl (C=O) groups excluding carboxylic acids is 3. The van der Waals surface area contributed by atoms with Crippen LogP contribution in [0.5, 0.6) is 5.75 Å². The summed E-state index contributed by atoms with van der Waals surface area (Å²) in [5, 5.41) is 5.46. The van der Waals surface area contributed by atoms with Gasteiger partial charge in [-0.1, -0.05) is 0 Å². The number of rotatable bonds is 4. The van der Waals surface area contributed by atoms with Crippen molar-refractivity contribution in [1.82, 2.24) is 4.90 Å². The normalized spacial score (nSPS) is 16.6. The van der Waals surface area contributed by atoms with E-state index in [0.717, 1.165) is 6.42 Å². The first-order chi connectivity index (χ1) is 12.6. The predicted molar refractivity (Wildman–Crippen MR) is 102 cm³/mol. The Hall–Kier alpha value is -2.77. The zero-order valence-electron chi connectivity index (χ0n) is 16.4. The first kappa shape index (κ1) is 20.5. The van der Waals surface area contributed by atoms with Gasteiger partial charge < -0.3 is 20.1 Å². The summed E-state index contributed by atoms with van der Waals surface area (Å²) in [6.07, 6.45) is 0.811. The van der Waals surface area contributed by atoms with Crippen molar-refractivity contribution in [2.45, 2.75) is 52.2 Å². The van der Waals surface area contributed by atoms with Crippen LogP contribution in [0.25, 0.3) is 0 Å². The van der Waals surface area contributed by atoms with E-state index < -0.39 is 17.7 Å². The molecule has 1 unspecified atom stereocenters. The van der Waals surface area contributed by atoms with E-state index >= 15 is 0 Å². The SMILES string of the molecule is COc1ccc(NC(=O)C2CCCN2C(=O)OC(C)(C)C)cc1NC(C)=O. The third kappa shape index (κ3) is 5.60. The second kappa shape index (κ2) is 8.28. The third-order valence-electron chi connectivity index (χ3n) is 3.96. The summed E-state index contributed by atoms with van der Waals surface area (Å²) in [5.41, 5.74) is 0.336. The lowest BCUT2D eigenvalue weighted by Crippen LogP contribution is -2.45. The maximum absolute atomic E-state index is 12.7. The second-order valence-electron chi connectivity index (χ2n) is 7.42. The van der Waals surface area contributed by atoms with Crippen LogP contribution >= 0.6 is 0 Å². The summed E-state index contributed by atoms with van der Waals surface area (Å²) >= 11 is 0. The Morgan fingerprint density at radius 2 is 1.89 bits per heavy atom. The molecule has 0 saturated carbocycles. The quantitative estimate of drug-likeness (QED) is 0.841. The molecule has 1 aliphatic heterocycles. The third-order valence-corrected chi connectivity index (χ3v) is 3.96. The standard InChI is InChI=1S/C19H27N3O5/c1-12(23)20-14-11-13(8-9-16(14)26-5)21-17(24)15-7-6-10-22(15)18(25)27-19(2,3)4/h8-9,11,15H,6-7,10H2,1-5H3,(H,20,23)(H,21,24). The molecule has 1 aromatic rings. The van der Waals surface area contributed by atoms with Gasteiger partial charge in [-0.25, -0.2) is 4.79 Å². The van der Waals surface area contributed by atoms with E-state index in [4.69, 9.17) is 9.47 Å². The zero-order valence-corrected chi connectivity index (χ0v) is 16.4. The van der Waals surface area contributed by atoms with Crippen LogP contribution in [0.4, 0.5) is 16.2 Å². The monoisotopic (exact) mass is 377 g/mol. The molecule has 0 spiro atoms. The minimum atomic E-state index is -0.621. The van der Waals surface area contributed by atoms with Gasteiger partial charge in [0.1, 0.15) is 17.4 Å². The van der Waals surface area contributed by atoms with Gasteiger partial charge >= 0.3 is 6.09 Å². The summed E-state index contributed by atoms with van der Waals surface area (Å²) in [4.78, 5) is 37.9. The number of hydrogen-bond acceptors (Lipinski definition) is 5. The van der Waals surface area contributed by atoms with Crippen molar-refractivity contribution in [1.29, 1.82) is 0 Å². The highest BCUT2D eigenvalue weighted by Gasteiger charge is 2.36. The van der Waals surface area contributed by atoms with Crippen LogP contribution in [0.2, 0.25) is 0 Å². The fraction of sp³-hybridized carbons (Fsp3) is 0.526. The molecule has 3 amide bonds. The Morgan fingerprint density at radius 1 is 1.19 bits per heavy atom. The van der Waals surface area contributed by atoms with E-state index in [2.05, 4.69) is 10.6 Å². The molecule has 2 rings (SSSR count). The molecular weight excluding hydrogens is 350 g/mol. The number of hydrogen-bond donors (Lipinski definition) is 2. The first-order valence-corrected chi connectivity index (χ1v) is 8.87. The molecule has 2 N–H and O–H groups in total. The Kier molecular flexibility index (Phi) is 6.30. The van der Waals surface area contributed by atoms with E-state index in [1.807, 2.05) is 0 Å². The average Bonchev–Trinajstić information content (AvgIpc) is 3.03. The number of nitrogens with one attached hydrogen (secondary N) is 2. The van der Waals surface area contributed by atoms with Crippen molar-refractivity contribution < 1.29 is 23.9 Å². The molecule has 1 atom stereocenters. The smallest absolute Gasteiger partial charge is 0.410 e. The van der Waals surface area contributed by atoms with Crippen molar-refractivity contribution in [2.75, 3.05) is 24.3 Å². The number of anilines is 2. The van der Waals surface area contributed by atoms with Crippen LogP contribution in [0.15, 0.2) is 18.2 Å². The minimum Gasteiger partial charge on any atom is -0.495 e. The molecular formula is C19H27N3O5. The Morgan fingerprint density at radius 3 is 2.48 bits per heavy atom. The van der Waals surface area contributed by atoms with Crippen LogP contribution in [-0.2, 0) is 14.3 Å². The molecule has 1 fully saturated rings. The predicted octanol–water partition coefficient (Wildman–Crippen LogP) is 2.99. The molecule has 8 nitrogen and oxygen atoms in total. The van der Waals surface area contributed by atoms with E-state index in [-0.39, 0.29) is 11.8 Å². The summed E-state index contributed by atoms with van der Waals surface area (Å²) in [7, 11) is 1.50. The number of amides is 3. The van der Waals surface area contributed by atoms with E-state index in [1.54, 1.807) is 39.0 Å². The van der Waals surface area contributed by atoms with Crippen LogP contribution in [0.1, 0.15) is 40.5 Å². The van der Waals surface area contributed by atoms with Gasteiger partial charge in [-0.05, 0) is 51.8 Å². The second-order valence-corrected chi connectivity index (χ2v) is 7.42. The molecule has 1 aliphatic rings. The van der Waals surface area contributed by atoms with Crippen molar-refractivity contribution in [3.8, 4) is 5.75 Å². The number of benzene rings is 1. The van der Waals surface area contributed by atoms with Gasteiger partial charge in [-0.15, -0.1) is 0 Å². The fourth-order valence-corrected chi connectivity index (χ4v) is 2.88. The largest absolute Gasteiger partial charge is 0.495 e. The lowest BCUT2D eigenvalue weighted by molar-refractivity contribution is -0.120. The van der Waals surface area contributed by atoms with Gasteiger partial charge in [0.05, 0.1) is 12.8 Å². The summed E-state index contributed by atoms with van der Waals surface area (Å²) in [6, 6.07) is 4.35. The maximum atomic E-state index is 12.7. The van der Waals surface area contributed by atoms with Crippen LogP contribution < -0.4 is 15.4 Å². The van der Waals surface area contributed by atoms with Crippen LogP contribution in [0.3, 0.4) is 0 Å². The molecule has 0 aliphatic carbocycles. The maximum Gasteiger partial charge on any atom is 0.410 e. The summed E-state index contributed by atoms with van der Waals surface area (Å²) in [6.45, 7) is 7.24. The molecule has 0 bridgehead atoms. The van der Waals surface area contributed by atoms with Gasteiger partial charge in [-0.3, -0.25) is 14.5 Å². The molecule has 8 heteroatoms. The molecule has 0 aromatic heterocycles. The van der Waals surface area contributed by atoms with Crippen molar-refractivity contribution >= 4 is 29.3 Å². The average molecular weight is 377 g/mol. The van der Waals surface area contributed by atoms with Gasteiger partial charge in [0.25, 0.3) is 0 Å². The van der Waals surface area contributed by atoms with Crippen molar-refractivity contribution in [3.05, 3.63) is 18.2 Å². The van der Waals surface area contributed by atoms with Crippen molar-refractivity contribution in [3.63, 3.8) is 0 Å². The number of nitrogens with zero attached hydrogens (tertiary/aromatic N) is 1. The Bertz CT molecular complexity index is 727. The number of methoxy groups -OCH3 is 1. The highest BCUT2D eigenvalue weighted by Crippen LogP contribution is 2.29. The van der Waals surface area contributed by atoms with Gasteiger partial charge in [0, 0.05) is 19.2 Å². The Balaban J connectivity index is 2.11. The van der Waals surface area contributed by atoms with E-state index in [1.165, 1.54) is 18.9 Å². The lowest BCUT2D eigenvalue weighted by atomic mass is 10.2. The lowest BCUT2D eigenvalue weighted by Gasteiger charge is -2.28.